The summed E-state index contributed by atoms with van der Waals surface area (Å²) in [4.78, 5) is 0. The second-order valence-electron chi connectivity index (χ2n) is 6.98. The fraction of sp³-hybridized carbons (Fsp3) is 0.280. The van der Waals surface area contributed by atoms with Gasteiger partial charge in [-0.05, 0) is 61.6 Å². The third-order valence-electron chi connectivity index (χ3n) is 4.08. The van der Waals surface area contributed by atoms with Crippen LogP contribution >= 0.6 is 0 Å². The first kappa shape index (κ1) is 22.4. The van der Waals surface area contributed by atoms with Gasteiger partial charge in [-0.3, -0.25) is 0 Å². The average Bonchev–Trinajstić information content (AvgIpc) is 2.63. The molecule has 0 heterocycles. The van der Waals surface area contributed by atoms with E-state index in [0.29, 0.717) is 5.56 Å². The van der Waals surface area contributed by atoms with Crippen LogP contribution in [0.5, 0.6) is 0 Å². The van der Waals surface area contributed by atoms with Crippen LogP contribution in [0.3, 0.4) is 0 Å². The molecule has 2 aromatic rings. The molecule has 0 aromatic heterocycles. The molecule has 1 N–H and O–H groups in total. The van der Waals surface area contributed by atoms with Gasteiger partial charge in [0.05, 0.1) is 0 Å². The summed E-state index contributed by atoms with van der Waals surface area (Å²) in [5.41, 5.74) is 4.19. The minimum atomic E-state index is -1.36. The number of unbranched alkanes of at least 4 members (excludes halogenated alkanes) is 1. The highest BCUT2D eigenvalue weighted by atomic mass is 19.1. The highest BCUT2D eigenvalue weighted by molar-refractivity contribution is 5.76. The number of hydrogen-bond donors (Lipinski definition) is 1. The fourth-order valence-electron chi connectivity index (χ4n) is 2.63. The van der Waals surface area contributed by atoms with Crippen molar-refractivity contribution in [2.75, 3.05) is 5.32 Å². The van der Waals surface area contributed by atoms with Gasteiger partial charge in [0.2, 0.25) is 0 Å². The third-order valence-corrected chi connectivity index (χ3v) is 4.08. The predicted octanol–water partition coefficient (Wildman–Crippen LogP) is 7.90. The first-order valence-electron chi connectivity index (χ1n) is 9.33. The predicted molar refractivity (Wildman–Crippen MR) is 120 cm³/mol. The van der Waals surface area contributed by atoms with Crippen molar-refractivity contribution < 1.29 is 4.39 Å². The molecular weight excluding hydrogens is 333 g/mol. The van der Waals surface area contributed by atoms with Gasteiger partial charge in [0.15, 0.2) is 0 Å². The van der Waals surface area contributed by atoms with Crippen molar-refractivity contribution in [2.24, 2.45) is 0 Å². The largest absolute Gasteiger partial charge is 0.356 e. The van der Waals surface area contributed by atoms with Gasteiger partial charge in [0, 0.05) is 11.4 Å². The molecule has 144 valence electrons. The van der Waals surface area contributed by atoms with E-state index >= 15 is 0 Å². The zero-order valence-electron chi connectivity index (χ0n) is 17.1. The van der Waals surface area contributed by atoms with Gasteiger partial charge in [-0.2, -0.15) is 0 Å². The van der Waals surface area contributed by atoms with Crippen LogP contribution in [0, 0.1) is 6.92 Å². The summed E-state index contributed by atoms with van der Waals surface area (Å²) in [6, 6.07) is 14.0. The van der Waals surface area contributed by atoms with E-state index in [4.69, 9.17) is 0 Å². The standard InChI is InChI=1S/C23H28FN.C2H4/c1-6-7-8-9-19-10-12-20(13-11-19)18(3)25-22-15-17(2)14-21(16-22)23(4,5)24;1-2/h8-16,25H,3,6-7H2,1-2,4-5H3;1-2H2/b9-8+;. The second-order valence-corrected chi connectivity index (χ2v) is 6.98. The quantitative estimate of drug-likeness (QED) is 0.492. The van der Waals surface area contributed by atoms with E-state index in [0.717, 1.165) is 35.4 Å². The lowest BCUT2D eigenvalue weighted by Gasteiger charge is -2.18. The van der Waals surface area contributed by atoms with Gasteiger partial charge in [-0.15, -0.1) is 13.2 Å². The van der Waals surface area contributed by atoms with Gasteiger partial charge in [-0.1, -0.05) is 62.4 Å². The zero-order chi connectivity index (χ0) is 20.4. The summed E-state index contributed by atoms with van der Waals surface area (Å²) >= 11 is 0. The number of alkyl halides is 1. The lowest BCUT2D eigenvalue weighted by molar-refractivity contribution is 0.221. The Balaban J connectivity index is 0.00000176. The molecule has 0 radical (unpaired) electrons. The minimum Gasteiger partial charge on any atom is -0.356 e. The lowest BCUT2D eigenvalue weighted by atomic mass is 9.97. The molecule has 0 bridgehead atoms. The molecule has 0 saturated heterocycles. The number of benzene rings is 2. The third kappa shape index (κ3) is 7.26. The number of rotatable bonds is 7. The molecule has 0 fully saturated rings. The normalized spacial score (nSPS) is 11.0. The lowest BCUT2D eigenvalue weighted by Crippen LogP contribution is -2.10. The van der Waals surface area contributed by atoms with Crippen LogP contribution in [-0.2, 0) is 5.67 Å². The van der Waals surface area contributed by atoms with Gasteiger partial charge in [0.1, 0.15) is 5.67 Å². The number of hydrogen-bond acceptors (Lipinski definition) is 1. The number of aryl methyl sites for hydroxylation is 1. The smallest absolute Gasteiger partial charge is 0.130 e. The summed E-state index contributed by atoms with van der Waals surface area (Å²) in [5.74, 6) is 0. The number of anilines is 1. The molecule has 0 aliphatic carbocycles. The van der Waals surface area contributed by atoms with E-state index in [1.807, 2.05) is 25.1 Å². The molecular formula is C25H32FN. The Hall–Kier alpha value is -2.61. The van der Waals surface area contributed by atoms with Gasteiger partial charge < -0.3 is 5.32 Å². The van der Waals surface area contributed by atoms with Crippen LogP contribution in [0.4, 0.5) is 10.1 Å². The maximum atomic E-state index is 14.3. The molecule has 0 amide bonds. The molecule has 2 aromatic carbocycles. The topological polar surface area (TPSA) is 12.0 Å². The second kappa shape index (κ2) is 10.5. The molecule has 27 heavy (non-hydrogen) atoms. The molecule has 2 heteroatoms. The van der Waals surface area contributed by atoms with E-state index in [1.54, 1.807) is 13.8 Å². The Morgan fingerprint density at radius 1 is 1.11 bits per heavy atom. The Kier molecular flexibility index (Phi) is 8.74. The molecule has 0 aliphatic heterocycles. The highest BCUT2D eigenvalue weighted by Gasteiger charge is 2.19. The number of nitrogens with one attached hydrogen (secondary N) is 1. The van der Waals surface area contributed by atoms with Crippen LogP contribution in [0.1, 0.15) is 55.9 Å². The van der Waals surface area contributed by atoms with Crippen molar-refractivity contribution in [2.45, 2.75) is 46.2 Å². The first-order chi connectivity index (χ1) is 12.8. The summed E-state index contributed by atoms with van der Waals surface area (Å²) in [5, 5.41) is 3.30. The van der Waals surface area contributed by atoms with E-state index < -0.39 is 5.67 Å². The molecule has 0 unspecified atom stereocenters. The highest BCUT2D eigenvalue weighted by Crippen LogP contribution is 2.29. The van der Waals surface area contributed by atoms with Gasteiger partial charge >= 0.3 is 0 Å². The first-order valence-corrected chi connectivity index (χ1v) is 9.33. The number of halogens is 1. The average molecular weight is 366 g/mol. The molecule has 1 nitrogen and oxygen atoms in total. The van der Waals surface area contributed by atoms with E-state index in [9.17, 15) is 4.39 Å². The fourth-order valence-corrected chi connectivity index (χ4v) is 2.63. The van der Waals surface area contributed by atoms with Crippen molar-refractivity contribution in [1.29, 1.82) is 0 Å². The Morgan fingerprint density at radius 2 is 1.74 bits per heavy atom. The Labute approximate surface area is 164 Å². The van der Waals surface area contributed by atoms with Crippen LogP contribution in [0.25, 0.3) is 11.8 Å². The molecule has 2 rings (SSSR count). The van der Waals surface area contributed by atoms with Crippen LogP contribution < -0.4 is 5.32 Å². The van der Waals surface area contributed by atoms with Crippen molar-refractivity contribution in [3.63, 3.8) is 0 Å². The monoisotopic (exact) mass is 365 g/mol. The molecule has 0 aliphatic rings. The summed E-state index contributed by atoms with van der Waals surface area (Å²) in [6.45, 7) is 17.4. The molecule has 0 saturated carbocycles. The summed E-state index contributed by atoms with van der Waals surface area (Å²) < 4.78 is 14.3. The van der Waals surface area contributed by atoms with E-state index in [-0.39, 0.29) is 0 Å². The van der Waals surface area contributed by atoms with Crippen molar-refractivity contribution in [3.05, 3.63) is 90.5 Å². The van der Waals surface area contributed by atoms with Crippen molar-refractivity contribution in [3.8, 4) is 0 Å². The van der Waals surface area contributed by atoms with Crippen LogP contribution in [0.2, 0.25) is 0 Å². The van der Waals surface area contributed by atoms with E-state index in [2.05, 4.69) is 68.4 Å². The van der Waals surface area contributed by atoms with Gasteiger partial charge in [-0.25, -0.2) is 4.39 Å². The minimum absolute atomic E-state index is 0.666. The van der Waals surface area contributed by atoms with Gasteiger partial charge in [0.25, 0.3) is 0 Å². The van der Waals surface area contributed by atoms with E-state index in [1.165, 1.54) is 5.56 Å². The van der Waals surface area contributed by atoms with Crippen LogP contribution in [-0.4, -0.2) is 0 Å². The summed E-state index contributed by atoms with van der Waals surface area (Å²) in [7, 11) is 0. The number of allylic oxidation sites excluding steroid dienone is 1. The van der Waals surface area contributed by atoms with Crippen molar-refractivity contribution >= 4 is 17.5 Å². The zero-order valence-corrected chi connectivity index (χ0v) is 17.1. The molecule has 0 spiro atoms. The maximum Gasteiger partial charge on any atom is 0.130 e. The van der Waals surface area contributed by atoms with Crippen molar-refractivity contribution in [1.82, 2.24) is 0 Å². The van der Waals surface area contributed by atoms with Crippen LogP contribution in [0.15, 0.2) is 68.3 Å². The molecule has 0 atom stereocenters. The maximum absolute atomic E-state index is 14.3. The summed E-state index contributed by atoms with van der Waals surface area (Å²) in [6.07, 6.45) is 6.58. The SMILES string of the molecule is C=C.C=C(Nc1cc(C)cc(C(C)(C)F)c1)c1ccc(/C=C/CCC)cc1. The Bertz CT molecular complexity index is 764. The Morgan fingerprint density at radius 3 is 2.30 bits per heavy atom.